The average Bonchev–Trinajstić information content (AvgIpc) is 3.02. The van der Waals surface area contributed by atoms with Gasteiger partial charge in [-0.05, 0) is 19.4 Å². The molecule has 5 N–H and O–H groups in total. The second-order valence-corrected chi connectivity index (χ2v) is 6.16. The normalized spacial score (nSPS) is 18.7. The van der Waals surface area contributed by atoms with Gasteiger partial charge >= 0.3 is 0 Å². The molecule has 1 unspecified atom stereocenters. The van der Waals surface area contributed by atoms with E-state index in [2.05, 4.69) is 26.4 Å². The van der Waals surface area contributed by atoms with Crippen molar-refractivity contribution in [3.05, 3.63) is 10.9 Å². The van der Waals surface area contributed by atoms with Crippen LogP contribution in [0.3, 0.4) is 0 Å². The molecule has 0 aliphatic carbocycles. The number of hydrogen-bond acceptors (Lipinski definition) is 7. The second kappa shape index (κ2) is 4.88. The molecule has 3 rings (SSSR count). The lowest BCUT2D eigenvalue weighted by molar-refractivity contribution is -0.121. The van der Waals surface area contributed by atoms with E-state index in [1.165, 1.54) is 0 Å². The molecule has 7 nitrogen and oxygen atoms in total. The van der Waals surface area contributed by atoms with E-state index in [1.807, 2.05) is 6.92 Å². The molecule has 1 fully saturated rings. The van der Waals surface area contributed by atoms with Crippen LogP contribution in [-0.4, -0.2) is 29.0 Å². The Bertz CT molecular complexity index is 669. The molecular formula is C12H16N6OS. The number of nitrogen functional groups attached to an aromatic ring is 1. The van der Waals surface area contributed by atoms with E-state index in [0.29, 0.717) is 12.5 Å². The minimum atomic E-state index is -0.253. The van der Waals surface area contributed by atoms with Crippen molar-refractivity contribution in [2.75, 3.05) is 23.4 Å². The second-order valence-electron chi connectivity index (χ2n) is 4.93. The maximum atomic E-state index is 11.3. The van der Waals surface area contributed by atoms with Gasteiger partial charge < -0.3 is 10.6 Å². The monoisotopic (exact) mass is 292 g/mol. The fourth-order valence-electron chi connectivity index (χ4n) is 2.52. The van der Waals surface area contributed by atoms with Crippen molar-refractivity contribution >= 4 is 39.2 Å². The number of rotatable bonds is 3. The molecule has 0 saturated carbocycles. The van der Waals surface area contributed by atoms with E-state index < -0.39 is 0 Å². The number of anilines is 2. The van der Waals surface area contributed by atoms with Gasteiger partial charge in [0.1, 0.15) is 10.6 Å². The van der Waals surface area contributed by atoms with Crippen molar-refractivity contribution in [3.8, 4) is 0 Å². The smallest absolute Gasteiger partial charge is 0.240 e. The molecule has 20 heavy (non-hydrogen) atoms. The Labute approximate surface area is 119 Å². The number of fused-ring (bicyclic) bond motifs is 1. The van der Waals surface area contributed by atoms with Crippen molar-refractivity contribution in [2.45, 2.75) is 13.3 Å². The first kappa shape index (κ1) is 13.1. The topological polar surface area (TPSA) is 110 Å². The highest BCUT2D eigenvalue weighted by Gasteiger charge is 2.29. The van der Waals surface area contributed by atoms with E-state index >= 15 is 0 Å². The number of primary amides is 1. The summed E-state index contributed by atoms with van der Waals surface area (Å²) in [6, 6.07) is 2.06. The number of nitrogens with one attached hydrogen (secondary N) is 1. The molecule has 0 aromatic carbocycles. The number of thiophene rings is 1. The lowest BCUT2D eigenvalue weighted by atomic mass is 10.1. The zero-order chi connectivity index (χ0) is 14.3. The Kier molecular flexibility index (Phi) is 3.19. The van der Waals surface area contributed by atoms with Gasteiger partial charge in [-0.25, -0.2) is 10.8 Å². The molecule has 2 aromatic heterocycles. The number of nitrogens with zero attached hydrogens (tertiary/aromatic N) is 3. The van der Waals surface area contributed by atoms with Crippen LogP contribution in [0.1, 0.15) is 11.3 Å². The largest absolute Gasteiger partial charge is 0.369 e. The number of carbonyl (C=O) groups is 1. The Hall–Kier alpha value is -1.93. The molecule has 3 heterocycles. The van der Waals surface area contributed by atoms with Crippen LogP contribution in [0.5, 0.6) is 0 Å². The highest BCUT2D eigenvalue weighted by atomic mass is 32.1. The predicted molar refractivity (Wildman–Crippen MR) is 79.5 cm³/mol. The predicted octanol–water partition coefficient (Wildman–Crippen LogP) is 0.597. The first-order valence-corrected chi connectivity index (χ1v) is 7.19. The van der Waals surface area contributed by atoms with Crippen LogP contribution in [0.25, 0.3) is 10.2 Å². The molecule has 1 atom stereocenters. The number of hydrogen-bond donors (Lipinski definition) is 3. The fourth-order valence-corrected chi connectivity index (χ4v) is 3.39. The molecule has 2 aromatic rings. The standard InChI is InChI=1S/C12H16N6OS/c1-6-4-8-10(15-12(17-14)16-11(8)20-6)18-3-2-7(5-18)9(13)19/h4,7H,2-3,5,14H2,1H3,(H2,13,19)(H,15,16,17). The Morgan fingerprint density at radius 1 is 1.55 bits per heavy atom. The van der Waals surface area contributed by atoms with Crippen molar-refractivity contribution in [1.29, 1.82) is 0 Å². The number of carbonyl (C=O) groups excluding carboxylic acids is 1. The van der Waals surface area contributed by atoms with E-state index in [9.17, 15) is 4.79 Å². The van der Waals surface area contributed by atoms with Crippen LogP contribution in [0.15, 0.2) is 6.07 Å². The van der Waals surface area contributed by atoms with Crippen molar-refractivity contribution in [3.63, 3.8) is 0 Å². The number of amides is 1. The summed E-state index contributed by atoms with van der Waals surface area (Å²) in [7, 11) is 0. The summed E-state index contributed by atoms with van der Waals surface area (Å²) in [5.41, 5.74) is 7.87. The Morgan fingerprint density at radius 2 is 2.35 bits per heavy atom. The van der Waals surface area contributed by atoms with Gasteiger partial charge in [-0.2, -0.15) is 4.98 Å². The SMILES string of the molecule is Cc1cc2c(N3CCC(C(N)=O)C3)nc(NN)nc2s1. The van der Waals surface area contributed by atoms with Crippen molar-refractivity contribution in [1.82, 2.24) is 9.97 Å². The number of aryl methyl sites for hydroxylation is 1. The van der Waals surface area contributed by atoms with Gasteiger partial charge in [-0.15, -0.1) is 11.3 Å². The van der Waals surface area contributed by atoms with Gasteiger partial charge in [0.05, 0.1) is 11.3 Å². The van der Waals surface area contributed by atoms with Crippen LogP contribution in [0, 0.1) is 12.8 Å². The summed E-state index contributed by atoms with van der Waals surface area (Å²) in [5.74, 6) is 6.26. The lowest BCUT2D eigenvalue weighted by Crippen LogP contribution is -2.28. The first-order chi connectivity index (χ1) is 9.58. The minimum Gasteiger partial charge on any atom is -0.369 e. The average molecular weight is 292 g/mol. The minimum absolute atomic E-state index is 0.117. The summed E-state index contributed by atoms with van der Waals surface area (Å²) >= 11 is 1.60. The molecule has 106 valence electrons. The third-order valence-corrected chi connectivity index (χ3v) is 4.46. The molecule has 0 bridgehead atoms. The van der Waals surface area contributed by atoms with Crippen LogP contribution >= 0.6 is 11.3 Å². The van der Waals surface area contributed by atoms with Crippen LogP contribution in [0.2, 0.25) is 0 Å². The molecule has 1 saturated heterocycles. The van der Waals surface area contributed by atoms with Crippen molar-refractivity contribution < 1.29 is 4.79 Å². The van der Waals surface area contributed by atoms with Crippen LogP contribution in [0.4, 0.5) is 11.8 Å². The highest BCUT2D eigenvalue weighted by molar-refractivity contribution is 7.18. The number of aromatic nitrogens is 2. The summed E-state index contributed by atoms with van der Waals surface area (Å²) in [6.45, 7) is 3.39. The summed E-state index contributed by atoms with van der Waals surface area (Å²) < 4.78 is 0. The Morgan fingerprint density at radius 3 is 3.00 bits per heavy atom. The summed E-state index contributed by atoms with van der Waals surface area (Å²) in [4.78, 5) is 24.2. The molecule has 1 aliphatic rings. The zero-order valence-electron chi connectivity index (χ0n) is 11.1. The van der Waals surface area contributed by atoms with E-state index in [-0.39, 0.29) is 11.8 Å². The first-order valence-electron chi connectivity index (χ1n) is 6.37. The molecule has 1 amide bonds. The number of nitrogens with two attached hydrogens (primary N) is 2. The van der Waals surface area contributed by atoms with Gasteiger partial charge in [0.25, 0.3) is 0 Å². The fraction of sp³-hybridized carbons (Fsp3) is 0.417. The third kappa shape index (κ3) is 2.16. The molecule has 0 spiro atoms. The quantitative estimate of drug-likeness (QED) is 0.564. The van der Waals surface area contributed by atoms with Gasteiger partial charge in [-0.1, -0.05) is 0 Å². The molecule has 8 heteroatoms. The highest BCUT2D eigenvalue weighted by Crippen LogP contribution is 2.33. The van der Waals surface area contributed by atoms with Crippen LogP contribution < -0.4 is 21.9 Å². The molecular weight excluding hydrogens is 276 g/mol. The molecule has 0 radical (unpaired) electrons. The zero-order valence-corrected chi connectivity index (χ0v) is 11.9. The van der Waals surface area contributed by atoms with Gasteiger partial charge in [-0.3, -0.25) is 10.2 Å². The molecule has 1 aliphatic heterocycles. The maximum absolute atomic E-state index is 11.3. The van der Waals surface area contributed by atoms with Gasteiger partial charge in [0.2, 0.25) is 11.9 Å². The van der Waals surface area contributed by atoms with Gasteiger partial charge in [0, 0.05) is 18.0 Å². The summed E-state index contributed by atoms with van der Waals surface area (Å²) in [6.07, 6.45) is 0.759. The third-order valence-electron chi connectivity index (χ3n) is 3.52. The van der Waals surface area contributed by atoms with Crippen molar-refractivity contribution in [2.24, 2.45) is 17.5 Å². The van der Waals surface area contributed by atoms with E-state index in [0.717, 1.165) is 33.9 Å². The van der Waals surface area contributed by atoms with E-state index in [4.69, 9.17) is 11.6 Å². The Balaban J connectivity index is 2.04. The lowest BCUT2D eigenvalue weighted by Gasteiger charge is -2.18. The number of hydrazine groups is 1. The maximum Gasteiger partial charge on any atom is 0.240 e. The van der Waals surface area contributed by atoms with E-state index in [1.54, 1.807) is 11.3 Å². The summed E-state index contributed by atoms with van der Waals surface area (Å²) in [5, 5.41) is 0.997. The van der Waals surface area contributed by atoms with Crippen LogP contribution in [-0.2, 0) is 4.79 Å². The van der Waals surface area contributed by atoms with Gasteiger partial charge in [0.15, 0.2) is 0 Å².